The Morgan fingerprint density at radius 2 is 1.76 bits per heavy atom. The van der Waals surface area contributed by atoms with E-state index in [-0.39, 0.29) is 11.3 Å². The average Bonchev–Trinajstić information content (AvgIpc) is 2.52. The molecule has 0 N–H and O–H groups in total. The summed E-state index contributed by atoms with van der Waals surface area (Å²) in [5.41, 5.74) is 0.406. The summed E-state index contributed by atoms with van der Waals surface area (Å²) >= 11 is 0. The van der Waals surface area contributed by atoms with Gasteiger partial charge in [0.15, 0.2) is 0 Å². The van der Waals surface area contributed by atoms with Gasteiger partial charge in [0.05, 0.1) is 10.5 Å². The maximum Gasteiger partial charge on any atom is 0.414 e. The molecule has 0 unspecified atom stereocenters. The zero-order chi connectivity index (χ0) is 18.8. The van der Waals surface area contributed by atoms with Crippen LogP contribution in [0, 0.1) is 15.9 Å². The van der Waals surface area contributed by atoms with Gasteiger partial charge in [0.2, 0.25) is 0 Å². The van der Waals surface area contributed by atoms with Crippen LogP contribution in [0.15, 0.2) is 42.5 Å². The second-order valence-corrected chi connectivity index (χ2v) is 6.50. The molecule has 0 aliphatic rings. The van der Waals surface area contributed by atoms with Crippen molar-refractivity contribution < 1.29 is 18.8 Å². The summed E-state index contributed by atoms with van der Waals surface area (Å²) in [7, 11) is 1.56. The summed E-state index contributed by atoms with van der Waals surface area (Å²) in [6.45, 7) is 5.31. The van der Waals surface area contributed by atoms with Crippen molar-refractivity contribution in [3.05, 3.63) is 58.4 Å². The first-order valence-electron chi connectivity index (χ1n) is 7.59. The Bertz CT molecular complexity index is 798. The number of halogens is 1. The molecule has 25 heavy (non-hydrogen) atoms. The second kappa shape index (κ2) is 6.88. The maximum atomic E-state index is 13.5. The van der Waals surface area contributed by atoms with E-state index < -0.39 is 22.4 Å². The molecule has 2 rings (SSSR count). The molecule has 1 amide bonds. The smallest absolute Gasteiger partial charge is 0.414 e. The van der Waals surface area contributed by atoms with Gasteiger partial charge in [-0.3, -0.25) is 15.0 Å². The van der Waals surface area contributed by atoms with Crippen LogP contribution < -0.4 is 4.90 Å². The predicted molar refractivity (Wildman–Crippen MR) is 93.1 cm³/mol. The topological polar surface area (TPSA) is 72.7 Å². The van der Waals surface area contributed by atoms with Gasteiger partial charge in [0.1, 0.15) is 11.4 Å². The fourth-order valence-corrected chi connectivity index (χ4v) is 2.20. The van der Waals surface area contributed by atoms with E-state index in [0.29, 0.717) is 11.3 Å². The van der Waals surface area contributed by atoms with Gasteiger partial charge in [0.25, 0.3) is 5.69 Å². The summed E-state index contributed by atoms with van der Waals surface area (Å²) in [5, 5.41) is 11.1. The van der Waals surface area contributed by atoms with Gasteiger partial charge in [-0.1, -0.05) is 12.1 Å². The minimum Gasteiger partial charge on any atom is -0.443 e. The van der Waals surface area contributed by atoms with Crippen LogP contribution in [0.4, 0.5) is 20.6 Å². The normalized spacial score (nSPS) is 11.1. The summed E-state index contributed by atoms with van der Waals surface area (Å²) in [5.74, 6) is -0.560. The van der Waals surface area contributed by atoms with Gasteiger partial charge in [-0.15, -0.1) is 0 Å². The van der Waals surface area contributed by atoms with Crippen molar-refractivity contribution in [2.75, 3.05) is 11.9 Å². The molecule has 2 aromatic rings. The lowest BCUT2D eigenvalue weighted by molar-refractivity contribution is -0.384. The van der Waals surface area contributed by atoms with E-state index in [2.05, 4.69) is 0 Å². The minimum atomic E-state index is -0.618. The van der Waals surface area contributed by atoms with Gasteiger partial charge in [0, 0.05) is 18.8 Å². The number of hydrogen-bond donors (Lipinski definition) is 0. The molecule has 0 radical (unpaired) electrons. The van der Waals surface area contributed by atoms with Gasteiger partial charge < -0.3 is 4.74 Å². The van der Waals surface area contributed by atoms with Crippen LogP contribution in [0.5, 0.6) is 0 Å². The number of anilines is 1. The molecule has 2 aromatic carbocycles. The molecule has 0 saturated heterocycles. The SMILES string of the molecule is CN(C(=O)OC(C)(C)C)c1ccc(-c2cc(F)ccc2[N+](=O)[O-])cc1. The van der Waals surface area contributed by atoms with Crippen LogP contribution in [0.2, 0.25) is 0 Å². The number of ether oxygens (including phenoxy) is 1. The third-order valence-corrected chi connectivity index (χ3v) is 3.39. The molecule has 6 nitrogen and oxygen atoms in total. The molecule has 0 aliphatic heterocycles. The summed E-state index contributed by atoms with van der Waals surface area (Å²) in [4.78, 5) is 24.0. The van der Waals surface area contributed by atoms with Crippen molar-refractivity contribution in [2.24, 2.45) is 0 Å². The lowest BCUT2D eigenvalue weighted by Crippen LogP contribution is -2.34. The lowest BCUT2D eigenvalue weighted by atomic mass is 10.0. The number of amides is 1. The molecular weight excluding hydrogens is 327 g/mol. The Hall–Kier alpha value is -2.96. The van der Waals surface area contributed by atoms with Crippen molar-refractivity contribution in [1.82, 2.24) is 0 Å². The number of carbonyl (C=O) groups excluding carboxylic acids is 1. The highest BCUT2D eigenvalue weighted by Crippen LogP contribution is 2.31. The summed E-state index contributed by atoms with van der Waals surface area (Å²) in [6, 6.07) is 9.72. The van der Waals surface area contributed by atoms with E-state index in [9.17, 15) is 19.3 Å². The van der Waals surface area contributed by atoms with Crippen molar-refractivity contribution >= 4 is 17.5 Å². The lowest BCUT2D eigenvalue weighted by Gasteiger charge is -2.24. The van der Waals surface area contributed by atoms with Gasteiger partial charge in [-0.05, 0) is 50.6 Å². The minimum absolute atomic E-state index is 0.177. The van der Waals surface area contributed by atoms with Crippen LogP contribution in [0.1, 0.15) is 20.8 Å². The van der Waals surface area contributed by atoms with E-state index in [0.717, 1.165) is 18.2 Å². The van der Waals surface area contributed by atoms with Crippen LogP contribution in [-0.2, 0) is 4.74 Å². The van der Waals surface area contributed by atoms with Crippen molar-refractivity contribution in [3.63, 3.8) is 0 Å². The fraction of sp³-hybridized carbons (Fsp3) is 0.278. The Kier molecular flexibility index (Phi) is 5.06. The highest BCUT2D eigenvalue weighted by atomic mass is 19.1. The monoisotopic (exact) mass is 346 g/mol. The first-order chi connectivity index (χ1) is 11.6. The molecule has 0 heterocycles. The van der Waals surface area contributed by atoms with Crippen molar-refractivity contribution in [3.8, 4) is 11.1 Å². The van der Waals surface area contributed by atoms with Crippen LogP contribution in [-0.4, -0.2) is 23.7 Å². The van der Waals surface area contributed by atoms with Gasteiger partial charge in [-0.2, -0.15) is 0 Å². The Morgan fingerprint density at radius 1 is 1.16 bits per heavy atom. The largest absolute Gasteiger partial charge is 0.443 e. The molecule has 0 atom stereocenters. The summed E-state index contributed by atoms with van der Waals surface area (Å²) < 4.78 is 18.8. The van der Waals surface area contributed by atoms with Crippen LogP contribution in [0.3, 0.4) is 0 Å². The fourth-order valence-electron chi connectivity index (χ4n) is 2.20. The van der Waals surface area contributed by atoms with E-state index in [1.165, 1.54) is 4.90 Å². The quantitative estimate of drug-likeness (QED) is 0.592. The number of nitro benzene ring substituents is 1. The number of nitro groups is 1. The van der Waals surface area contributed by atoms with Crippen LogP contribution >= 0.6 is 0 Å². The van der Waals surface area contributed by atoms with Crippen molar-refractivity contribution in [2.45, 2.75) is 26.4 Å². The predicted octanol–water partition coefficient (Wildman–Crippen LogP) is 4.77. The second-order valence-electron chi connectivity index (χ2n) is 6.50. The third-order valence-electron chi connectivity index (χ3n) is 3.39. The number of carbonyl (C=O) groups is 1. The first-order valence-corrected chi connectivity index (χ1v) is 7.59. The Labute approximate surface area is 145 Å². The molecule has 132 valence electrons. The molecule has 0 bridgehead atoms. The Balaban J connectivity index is 2.30. The third kappa shape index (κ3) is 4.53. The highest BCUT2D eigenvalue weighted by molar-refractivity contribution is 5.88. The highest BCUT2D eigenvalue weighted by Gasteiger charge is 2.21. The van der Waals surface area contributed by atoms with E-state index in [4.69, 9.17) is 4.74 Å². The molecule has 7 heteroatoms. The molecule has 0 fully saturated rings. The molecule has 0 aromatic heterocycles. The van der Waals surface area contributed by atoms with Gasteiger partial charge >= 0.3 is 6.09 Å². The zero-order valence-corrected chi connectivity index (χ0v) is 14.4. The van der Waals surface area contributed by atoms with E-state index in [1.807, 2.05) is 0 Å². The average molecular weight is 346 g/mol. The first kappa shape index (κ1) is 18.4. The summed E-state index contributed by atoms with van der Waals surface area (Å²) in [6.07, 6.45) is -0.517. The maximum absolute atomic E-state index is 13.5. The van der Waals surface area contributed by atoms with Gasteiger partial charge in [-0.25, -0.2) is 9.18 Å². The molecule has 0 aliphatic carbocycles. The Morgan fingerprint density at radius 3 is 2.28 bits per heavy atom. The molecule has 0 spiro atoms. The zero-order valence-electron chi connectivity index (χ0n) is 14.4. The van der Waals surface area contributed by atoms with E-state index >= 15 is 0 Å². The van der Waals surface area contributed by atoms with Crippen molar-refractivity contribution in [1.29, 1.82) is 0 Å². The number of benzene rings is 2. The number of rotatable bonds is 3. The number of nitrogens with zero attached hydrogens (tertiary/aromatic N) is 2. The molecular formula is C18H19FN2O4. The molecule has 0 saturated carbocycles. The number of hydrogen-bond acceptors (Lipinski definition) is 4. The van der Waals surface area contributed by atoms with E-state index in [1.54, 1.807) is 52.1 Å². The van der Waals surface area contributed by atoms with Crippen LogP contribution in [0.25, 0.3) is 11.1 Å². The standard InChI is InChI=1S/C18H19FN2O4/c1-18(2,3)25-17(22)20(4)14-8-5-12(6-9-14)15-11-13(19)7-10-16(15)21(23)24/h5-11H,1-4H3.